The van der Waals surface area contributed by atoms with Crippen LogP contribution >= 0.6 is 0 Å². The maximum Gasteiger partial charge on any atom is 0.0422 e. The maximum atomic E-state index is 3.48. The number of fused-ring (bicyclic) bond motifs is 2. The van der Waals surface area contributed by atoms with Crippen LogP contribution in [0, 0.1) is 6.92 Å². The Morgan fingerprint density at radius 1 is 0.933 bits per heavy atom. The van der Waals surface area contributed by atoms with E-state index in [4.69, 9.17) is 0 Å². The fourth-order valence-electron chi connectivity index (χ4n) is 2.19. The highest BCUT2D eigenvalue weighted by Gasteiger charge is 2.14. The lowest BCUT2D eigenvalue weighted by atomic mass is 9.94. The summed E-state index contributed by atoms with van der Waals surface area (Å²) in [5, 5.41) is 3.48. The highest BCUT2D eigenvalue weighted by molar-refractivity contribution is 5.72. The second-order valence-corrected chi connectivity index (χ2v) is 4.06. The summed E-state index contributed by atoms with van der Waals surface area (Å²) in [7, 11) is 0. The van der Waals surface area contributed by atoms with Gasteiger partial charge in [0.15, 0.2) is 0 Å². The molecular weight excluding hydrogens is 182 g/mol. The summed E-state index contributed by atoms with van der Waals surface area (Å²) in [4.78, 5) is 0. The van der Waals surface area contributed by atoms with Gasteiger partial charge in [0.05, 0.1) is 0 Å². The van der Waals surface area contributed by atoms with Crippen LogP contribution in [-0.2, 0) is 6.42 Å². The van der Waals surface area contributed by atoms with Gasteiger partial charge in [-0.25, -0.2) is 0 Å². The molecule has 0 radical (unpaired) electrons. The Morgan fingerprint density at radius 3 is 2.67 bits per heavy atom. The molecule has 0 aliphatic carbocycles. The summed E-state index contributed by atoms with van der Waals surface area (Å²) in [6, 6.07) is 14.9. The molecule has 0 aromatic heterocycles. The molecule has 0 fully saturated rings. The van der Waals surface area contributed by atoms with Crippen LogP contribution in [0.5, 0.6) is 0 Å². The summed E-state index contributed by atoms with van der Waals surface area (Å²) in [5.41, 5.74) is 6.69. The molecule has 3 rings (SSSR count). The van der Waals surface area contributed by atoms with E-state index in [-0.39, 0.29) is 0 Å². The van der Waals surface area contributed by atoms with Crippen molar-refractivity contribution in [3.05, 3.63) is 59.2 Å². The molecule has 1 aliphatic heterocycles. The summed E-state index contributed by atoms with van der Waals surface area (Å²) >= 11 is 0. The molecule has 2 aromatic carbocycles. The lowest BCUT2D eigenvalue weighted by Gasteiger charge is -2.22. The first kappa shape index (κ1) is 8.54. The van der Waals surface area contributed by atoms with Crippen LogP contribution in [0.3, 0.4) is 0 Å². The van der Waals surface area contributed by atoms with Gasteiger partial charge >= 0.3 is 0 Å². The zero-order valence-corrected chi connectivity index (χ0v) is 8.75. The number of nitrogens with one attached hydrogen (secondary N) is 1. The number of aryl methyl sites for hydroxylation is 1. The van der Waals surface area contributed by atoms with E-state index >= 15 is 0 Å². The largest absolute Gasteiger partial charge is 0.355 e. The molecule has 0 saturated heterocycles. The Balaban J connectivity index is 2.15. The van der Waals surface area contributed by atoms with Crippen molar-refractivity contribution in [2.24, 2.45) is 0 Å². The number of hydrogen-bond donors (Lipinski definition) is 1. The second-order valence-electron chi connectivity index (χ2n) is 4.06. The third-order valence-electron chi connectivity index (χ3n) is 3.06. The molecule has 0 atom stereocenters. The SMILES string of the molecule is Cc1cccc2c1Cc1ccccc1N2. The molecule has 1 aliphatic rings. The summed E-state index contributed by atoms with van der Waals surface area (Å²) in [6.45, 7) is 2.18. The van der Waals surface area contributed by atoms with E-state index in [1.54, 1.807) is 0 Å². The van der Waals surface area contributed by atoms with Crippen molar-refractivity contribution in [1.82, 2.24) is 0 Å². The molecule has 0 amide bonds. The third kappa shape index (κ3) is 1.32. The Kier molecular flexibility index (Phi) is 1.78. The Morgan fingerprint density at radius 2 is 1.73 bits per heavy atom. The van der Waals surface area contributed by atoms with Gasteiger partial charge in [-0.15, -0.1) is 0 Å². The standard InChI is InChI=1S/C14H13N/c1-10-5-4-8-14-12(10)9-11-6-2-3-7-13(11)15-14/h2-8,15H,9H2,1H3. The number of rotatable bonds is 0. The fourth-order valence-corrected chi connectivity index (χ4v) is 2.19. The van der Waals surface area contributed by atoms with E-state index in [1.165, 1.54) is 28.1 Å². The topological polar surface area (TPSA) is 12.0 Å². The number of para-hydroxylation sites is 1. The Bertz CT molecular complexity index is 514. The van der Waals surface area contributed by atoms with E-state index in [9.17, 15) is 0 Å². The van der Waals surface area contributed by atoms with Gasteiger partial charge in [-0.1, -0.05) is 30.3 Å². The Hall–Kier alpha value is -1.76. The molecule has 0 spiro atoms. The van der Waals surface area contributed by atoms with E-state index in [0.29, 0.717) is 0 Å². The van der Waals surface area contributed by atoms with Crippen molar-refractivity contribution in [3.8, 4) is 0 Å². The first-order chi connectivity index (χ1) is 7.34. The predicted molar refractivity (Wildman–Crippen MR) is 63.7 cm³/mol. The first-order valence-corrected chi connectivity index (χ1v) is 5.28. The minimum absolute atomic E-state index is 1.05. The lowest BCUT2D eigenvalue weighted by Crippen LogP contribution is -2.07. The van der Waals surface area contributed by atoms with Crippen molar-refractivity contribution >= 4 is 11.4 Å². The van der Waals surface area contributed by atoms with Crippen LogP contribution < -0.4 is 5.32 Å². The lowest BCUT2D eigenvalue weighted by molar-refractivity contribution is 1.13. The van der Waals surface area contributed by atoms with Gasteiger partial charge in [0.2, 0.25) is 0 Å². The van der Waals surface area contributed by atoms with E-state index < -0.39 is 0 Å². The molecule has 1 nitrogen and oxygen atoms in total. The minimum atomic E-state index is 1.05. The average Bonchev–Trinajstić information content (AvgIpc) is 2.27. The zero-order chi connectivity index (χ0) is 10.3. The highest BCUT2D eigenvalue weighted by atomic mass is 14.9. The molecule has 15 heavy (non-hydrogen) atoms. The van der Waals surface area contributed by atoms with Gasteiger partial charge in [-0.3, -0.25) is 0 Å². The van der Waals surface area contributed by atoms with Gasteiger partial charge in [0, 0.05) is 17.8 Å². The quantitative estimate of drug-likeness (QED) is 0.577. The predicted octanol–water partition coefficient (Wildman–Crippen LogP) is 3.64. The molecule has 1 heterocycles. The van der Waals surface area contributed by atoms with Crippen LogP contribution in [0.4, 0.5) is 11.4 Å². The molecular formula is C14H13N. The first-order valence-electron chi connectivity index (χ1n) is 5.28. The van der Waals surface area contributed by atoms with Gasteiger partial charge in [0.1, 0.15) is 0 Å². The van der Waals surface area contributed by atoms with Crippen molar-refractivity contribution in [2.75, 3.05) is 5.32 Å². The van der Waals surface area contributed by atoms with Gasteiger partial charge in [-0.2, -0.15) is 0 Å². The molecule has 0 saturated carbocycles. The molecule has 2 aromatic rings. The monoisotopic (exact) mass is 195 g/mol. The Labute approximate surface area is 89.8 Å². The smallest absolute Gasteiger partial charge is 0.0422 e. The normalized spacial score (nSPS) is 12.6. The minimum Gasteiger partial charge on any atom is -0.355 e. The van der Waals surface area contributed by atoms with Crippen LogP contribution in [-0.4, -0.2) is 0 Å². The van der Waals surface area contributed by atoms with Gasteiger partial charge in [-0.05, 0) is 35.7 Å². The van der Waals surface area contributed by atoms with Crippen molar-refractivity contribution in [2.45, 2.75) is 13.3 Å². The van der Waals surface area contributed by atoms with Crippen LogP contribution in [0.1, 0.15) is 16.7 Å². The van der Waals surface area contributed by atoms with E-state index in [1.807, 2.05) is 0 Å². The second kappa shape index (κ2) is 3.13. The van der Waals surface area contributed by atoms with Crippen molar-refractivity contribution < 1.29 is 0 Å². The average molecular weight is 195 g/mol. The maximum absolute atomic E-state index is 3.48. The summed E-state index contributed by atoms with van der Waals surface area (Å²) < 4.78 is 0. The third-order valence-corrected chi connectivity index (χ3v) is 3.06. The number of benzene rings is 2. The fraction of sp³-hybridized carbons (Fsp3) is 0.143. The van der Waals surface area contributed by atoms with Crippen molar-refractivity contribution in [3.63, 3.8) is 0 Å². The molecule has 74 valence electrons. The number of hydrogen-bond acceptors (Lipinski definition) is 1. The van der Waals surface area contributed by atoms with E-state index in [2.05, 4.69) is 54.7 Å². The van der Waals surface area contributed by atoms with Crippen LogP contribution in [0.15, 0.2) is 42.5 Å². The van der Waals surface area contributed by atoms with Crippen LogP contribution in [0.25, 0.3) is 0 Å². The van der Waals surface area contributed by atoms with Crippen molar-refractivity contribution in [1.29, 1.82) is 0 Å². The molecule has 1 N–H and O–H groups in total. The zero-order valence-electron chi connectivity index (χ0n) is 8.75. The highest BCUT2D eigenvalue weighted by Crippen LogP contribution is 2.33. The molecule has 1 heteroatoms. The van der Waals surface area contributed by atoms with Gasteiger partial charge in [0.25, 0.3) is 0 Å². The van der Waals surface area contributed by atoms with E-state index in [0.717, 1.165) is 6.42 Å². The molecule has 0 bridgehead atoms. The van der Waals surface area contributed by atoms with Crippen LogP contribution in [0.2, 0.25) is 0 Å². The number of anilines is 2. The molecule has 0 unspecified atom stereocenters. The summed E-state index contributed by atoms with van der Waals surface area (Å²) in [5.74, 6) is 0. The van der Waals surface area contributed by atoms with Gasteiger partial charge < -0.3 is 5.32 Å². The summed E-state index contributed by atoms with van der Waals surface area (Å²) in [6.07, 6.45) is 1.05.